The third-order valence-electron chi connectivity index (χ3n) is 3.56. The SMILES string of the molecule is C=CC(=O)OCCCCCCCCCCCC(O)CC. The van der Waals surface area contributed by atoms with E-state index in [1.165, 1.54) is 44.6 Å². The molecule has 0 saturated carbocycles. The van der Waals surface area contributed by atoms with Crippen LogP contribution in [0.5, 0.6) is 0 Å². The molecule has 0 heterocycles. The second-order valence-electron chi connectivity index (χ2n) is 5.40. The van der Waals surface area contributed by atoms with E-state index >= 15 is 0 Å². The van der Waals surface area contributed by atoms with Crippen LogP contribution in [-0.2, 0) is 9.53 Å². The molecule has 0 rings (SSSR count). The summed E-state index contributed by atoms with van der Waals surface area (Å²) < 4.78 is 4.91. The molecule has 0 amide bonds. The minimum Gasteiger partial charge on any atom is -0.463 e. The molecule has 0 aromatic rings. The average Bonchev–Trinajstić information content (AvgIpc) is 2.47. The van der Waals surface area contributed by atoms with Crippen LogP contribution in [0.2, 0.25) is 0 Å². The Kier molecular flexibility index (Phi) is 14.0. The van der Waals surface area contributed by atoms with Crippen LogP contribution in [0.4, 0.5) is 0 Å². The number of aliphatic hydroxyl groups excluding tert-OH is 1. The van der Waals surface area contributed by atoms with Gasteiger partial charge in [-0.15, -0.1) is 0 Å². The van der Waals surface area contributed by atoms with E-state index in [4.69, 9.17) is 4.74 Å². The number of esters is 1. The summed E-state index contributed by atoms with van der Waals surface area (Å²) in [5, 5.41) is 9.41. The minimum absolute atomic E-state index is 0.0924. The van der Waals surface area contributed by atoms with Crippen LogP contribution in [0.3, 0.4) is 0 Å². The van der Waals surface area contributed by atoms with Gasteiger partial charge in [0.25, 0.3) is 0 Å². The molecule has 0 aliphatic carbocycles. The van der Waals surface area contributed by atoms with E-state index in [0.717, 1.165) is 32.1 Å². The van der Waals surface area contributed by atoms with E-state index in [9.17, 15) is 9.90 Å². The van der Waals surface area contributed by atoms with Crippen molar-refractivity contribution in [3.05, 3.63) is 12.7 Å². The normalized spacial score (nSPS) is 12.1. The first kappa shape index (κ1) is 19.2. The lowest BCUT2D eigenvalue weighted by Gasteiger charge is -2.06. The lowest BCUT2D eigenvalue weighted by Crippen LogP contribution is -2.03. The number of hydrogen-bond donors (Lipinski definition) is 1. The highest BCUT2D eigenvalue weighted by atomic mass is 16.5. The first-order valence-corrected chi connectivity index (χ1v) is 8.18. The number of unbranched alkanes of at least 4 members (excludes halogenated alkanes) is 8. The van der Waals surface area contributed by atoms with Gasteiger partial charge in [-0.2, -0.15) is 0 Å². The van der Waals surface area contributed by atoms with Crippen molar-refractivity contribution in [2.75, 3.05) is 6.61 Å². The molecule has 0 radical (unpaired) electrons. The maximum absolute atomic E-state index is 10.8. The zero-order valence-corrected chi connectivity index (χ0v) is 13.1. The second kappa shape index (κ2) is 14.6. The number of ether oxygens (including phenoxy) is 1. The lowest BCUT2D eigenvalue weighted by atomic mass is 10.0. The summed E-state index contributed by atoms with van der Waals surface area (Å²) in [6.45, 7) is 5.91. The van der Waals surface area contributed by atoms with Crippen molar-refractivity contribution in [2.24, 2.45) is 0 Å². The van der Waals surface area contributed by atoms with Crippen LogP contribution in [0.1, 0.15) is 77.6 Å². The van der Waals surface area contributed by atoms with Gasteiger partial charge in [0.15, 0.2) is 0 Å². The molecule has 0 aromatic heterocycles. The fourth-order valence-corrected chi connectivity index (χ4v) is 2.16. The van der Waals surface area contributed by atoms with Crippen LogP contribution in [0.15, 0.2) is 12.7 Å². The number of rotatable bonds is 14. The van der Waals surface area contributed by atoms with Crippen LogP contribution in [-0.4, -0.2) is 23.8 Å². The van der Waals surface area contributed by atoms with Crippen LogP contribution in [0.25, 0.3) is 0 Å². The van der Waals surface area contributed by atoms with Gasteiger partial charge in [-0.25, -0.2) is 4.79 Å². The first-order chi connectivity index (χ1) is 9.70. The van der Waals surface area contributed by atoms with Crippen LogP contribution in [0, 0.1) is 0 Å². The molecule has 0 spiro atoms. The van der Waals surface area contributed by atoms with E-state index in [0.29, 0.717) is 6.61 Å². The van der Waals surface area contributed by atoms with Crippen molar-refractivity contribution in [3.63, 3.8) is 0 Å². The molecule has 0 aromatic carbocycles. The molecule has 0 aliphatic heterocycles. The van der Waals surface area contributed by atoms with E-state index in [-0.39, 0.29) is 12.1 Å². The molecule has 0 saturated heterocycles. The van der Waals surface area contributed by atoms with Crippen molar-refractivity contribution in [1.82, 2.24) is 0 Å². The van der Waals surface area contributed by atoms with Gasteiger partial charge in [0, 0.05) is 6.08 Å². The molecule has 0 fully saturated rings. The zero-order chi connectivity index (χ0) is 15.1. The van der Waals surface area contributed by atoms with Gasteiger partial charge in [0.1, 0.15) is 0 Å². The Morgan fingerprint density at radius 1 is 1.05 bits per heavy atom. The van der Waals surface area contributed by atoms with Gasteiger partial charge in [-0.3, -0.25) is 0 Å². The highest BCUT2D eigenvalue weighted by Gasteiger charge is 1.99. The zero-order valence-electron chi connectivity index (χ0n) is 13.1. The van der Waals surface area contributed by atoms with Gasteiger partial charge >= 0.3 is 5.97 Å². The van der Waals surface area contributed by atoms with Crippen molar-refractivity contribution in [2.45, 2.75) is 83.7 Å². The van der Waals surface area contributed by atoms with E-state index in [1.54, 1.807) is 0 Å². The molecule has 20 heavy (non-hydrogen) atoms. The Hall–Kier alpha value is -0.830. The van der Waals surface area contributed by atoms with Gasteiger partial charge < -0.3 is 9.84 Å². The molecule has 1 N–H and O–H groups in total. The maximum Gasteiger partial charge on any atom is 0.330 e. The molecule has 1 atom stereocenters. The fourth-order valence-electron chi connectivity index (χ4n) is 2.16. The van der Waals surface area contributed by atoms with Gasteiger partial charge in [0.2, 0.25) is 0 Å². The smallest absolute Gasteiger partial charge is 0.330 e. The first-order valence-electron chi connectivity index (χ1n) is 8.18. The lowest BCUT2D eigenvalue weighted by molar-refractivity contribution is -0.137. The Labute approximate surface area is 124 Å². The number of carbonyl (C=O) groups excluding carboxylic acids is 1. The van der Waals surface area contributed by atoms with E-state index in [2.05, 4.69) is 6.58 Å². The number of aliphatic hydroxyl groups is 1. The van der Waals surface area contributed by atoms with Crippen LogP contribution >= 0.6 is 0 Å². The molecule has 118 valence electrons. The summed E-state index contributed by atoms with van der Waals surface area (Å²) in [4.78, 5) is 10.8. The van der Waals surface area contributed by atoms with Crippen molar-refractivity contribution in [1.29, 1.82) is 0 Å². The van der Waals surface area contributed by atoms with Crippen molar-refractivity contribution in [3.8, 4) is 0 Å². The predicted octanol–water partition coefficient (Wildman–Crippen LogP) is 4.39. The number of carbonyl (C=O) groups is 1. The van der Waals surface area contributed by atoms with Crippen molar-refractivity contribution < 1.29 is 14.6 Å². The molecule has 0 bridgehead atoms. The average molecular weight is 284 g/mol. The quantitative estimate of drug-likeness (QED) is 0.292. The maximum atomic E-state index is 10.8. The summed E-state index contributed by atoms with van der Waals surface area (Å²) in [6.07, 6.45) is 13.8. The Bertz CT molecular complexity index is 238. The van der Waals surface area contributed by atoms with Gasteiger partial charge in [-0.05, 0) is 19.3 Å². The Morgan fingerprint density at radius 3 is 2.05 bits per heavy atom. The standard InChI is InChI=1S/C17H32O3/c1-3-16(18)14-12-10-8-6-5-7-9-11-13-15-20-17(19)4-2/h4,16,18H,2-3,5-15H2,1H3. The minimum atomic E-state index is -0.321. The molecule has 1 unspecified atom stereocenters. The van der Waals surface area contributed by atoms with Gasteiger partial charge in [-0.1, -0.05) is 64.9 Å². The summed E-state index contributed by atoms with van der Waals surface area (Å²) >= 11 is 0. The summed E-state index contributed by atoms with van der Waals surface area (Å²) in [5.41, 5.74) is 0. The van der Waals surface area contributed by atoms with Crippen LogP contribution < -0.4 is 0 Å². The number of hydrogen-bond acceptors (Lipinski definition) is 3. The highest BCUT2D eigenvalue weighted by molar-refractivity contribution is 5.81. The van der Waals surface area contributed by atoms with Crippen molar-refractivity contribution >= 4 is 5.97 Å². The molecular formula is C17H32O3. The second-order valence-corrected chi connectivity index (χ2v) is 5.40. The van der Waals surface area contributed by atoms with Gasteiger partial charge in [0.05, 0.1) is 12.7 Å². The topological polar surface area (TPSA) is 46.5 Å². The predicted molar refractivity (Wildman–Crippen MR) is 83.6 cm³/mol. The third-order valence-corrected chi connectivity index (χ3v) is 3.56. The summed E-state index contributed by atoms with van der Waals surface area (Å²) in [7, 11) is 0. The Balaban J connectivity index is 3.06. The fraction of sp³-hybridized carbons (Fsp3) is 0.824. The molecule has 3 nitrogen and oxygen atoms in total. The monoisotopic (exact) mass is 284 g/mol. The summed E-state index contributed by atoms with van der Waals surface area (Å²) in [5.74, 6) is -0.321. The Morgan fingerprint density at radius 2 is 1.55 bits per heavy atom. The largest absolute Gasteiger partial charge is 0.463 e. The molecular weight excluding hydrogens is 252 g/mol. The third kappa shape index (κ3) is 13.6. The summed E-state index contributed by atoms with van der Waals surface area (Å²) in [6, 6.07) is 0. The van der Waals surface area contributed by atoms with E-state index < -0.39 is 0 Å². The molecule has 3 heteroatoms. The van der Waals surface area contributed by atoms with E-state index in [1.807, 2.05) is 6.92 Å². The highest BCUT2D eigenvalue weighted by Crippen LogP contribution is 2.12. The molecule has 0 aliphatic rings.